The van der Waals surface area contributed by atoms with Crippen LogP contribution in [0, 0.1) is 15.9 Å². The molecule has 1 aliphatic carbocycles. The number of nitrogens with two attached hydrogens (primary N) is 1. The van der Waals surface area contributed by atoms with Crippen LogP contribution >= 0.6 is 0 Å². The summed E-state index contributed by atoms with van der Waals surface area (Å²) in [7, 11) is 0. The minimum absolute atomic E-state index is 0.000733. The topological polar surface area (TPSA) is 154 Å². The van der Waals surface area contributed by atoms with Crippen molar-refractivity contribution in [2.45, 2.75) is 18.8 Å². The van der Waals surface area contributed by atoms with Crippen molar-refractivity contribution in [3.05, 3.63) is 69.8 Å². The Morgan fingerprint density at radius 1 is 1.12 bits per heavy atom. The lowest BCUT2D eigenvalue weighted by molar-refractivity contribution is -0.383. The van der Waals surface area contributed by atoms with E-state index in [1.807, 2.05) is 0 Å². The van der Waals surface area contributed by atoms with Crippen LogP contribution in [-0.4, -0.2) is 31.3 Å². The molecule has 1 aliphatic rings. The van der Waals surface area contributed by atoms with Crippen LogP contribution in [0.2, 0.25) is 0 Å². The molecule has 4 aromatic rings. The Kier molecular flexibility index (Phi) is 4.47. The highest BCUT2D eigenvalue weighted by Crippen LogP contribution is 2.47. The van der Waals surface area contributed by atoms with Crippen LogP contribution in [0.3, 0.4) is 0 Å². The fourth-order valence-electron chi connectivity index (χ4n) is 3.60. The van der Waals surface area contributed by atoms with Gasteiger partial charge in [-0.3, -0.25) is 19.8 Å². The summed E-state index contributed by atoms with van der Waals surface area (Å²) < 4.78 is 18.8. The number of rotatable bonds is 5. The number of benzene rings is 2. The molecule has 2 aromatic heterocycles. The predicted molar refractivity (Wildman–Crippen MR) is 110 cm³/mol. The van der Waals surface area contributed by atoms with Crippen molar-refractivity contribution in [3.8, 4) is 0 Å². The van der Waals surface area contributed by atoms with Crippen molar-refractivity contribution in [2.75, 3.05) is 10.6 Å². The number of nitrogen functional groups attached to an aromatic ring is 1. The van der Waals surface area contributed by atoms with Crippen molar-refractivity contribution >= 4 is 39.7 Å². The first-order valence-electron chi connectivity index (χ1n) is 9.55. The summed E-state index contributed by atoms with van der Waals surface area (Å²) in [5, 5.41) is 26.2. The van der Waals surface area contributed by atoms with E-state index >= 15 is 0 Å². The second kappa shape index (κ2) is 7.34. The summed E-state index contributed by atoms with van der Waals surface area (Å²) in [4.78, 5) is 25.7. The number of anilines is 3. The van der Waals surface area contributed by atoms with E-state index < -0.39 is 16.6 Å². The van der Waals surface area contributed by atoms with Gasteiger partial charge in [-0.1, -0.05) is 0 Å². The van der Waals surface area contributed by atoms with Crippen molar-refractivity contribution in [1.29, 1.82) is 0 Å². The SMILES string of the molecule is Nc1cnncc1C(=O)N(c1ccc(F)cc1C1CC1)c1ccc([N+](=O)[O-])c2nonc12. The van der Waals surface area contributed by atoms with Crippen LogP contribution in [0.25, 0.3) is 11.0 Å². The van der Waals surface area contributed by atoms with Gasteiger partial charge in [-0.2, -0.15) is 10.2 Å². The van der Waals surface area contributed by atoms with Crippen LogP contribution in [0.1, 0.15) is 34.7 Å². The molecule has 2 N–H and O–H groups in total. The molecule has 11 nitrogen and oxygen atoms in total. The zero-order chi connectivity index (χ0) is 22.4. The zero-order valence-electron chi connectivity index (χ0n) is 16.3. The maximum atomic E-state index is 14.1. The molecule has 0 atom stereocenters. The molecular formula is C20H14FN7O4. The van der Waals surface area contributed by atoms with Crippen molar-refractivity contribution in [3.63, 3.8) is 0 Å². The number of halogens is 1. The summed E-state index contributed by atoms with van der Waals surface area (Å²) in [6.45, 7) is 0. The maximum absolute atomic E-state index is 14.1. The number of nitro benzene ring substituents is 1. The van der Waals surface area contributed by atoms with E-state index in [2.05, 4.69) is 20.5 Å². The first-order chi connectivity index (χ1) is 15.5. The minimum atomic E-state index is -0.624. The van der Waals surface area contributed by atoms with Gasteiger partial charge in [0.15, 0.2) is 5.52 Å². The third kappa shape index (κ3) is 3.17. The summed E-state index contributed by atoms with van der Waals surface area (Å²) >= 11 is 0. The Labute approximate surface area is 178 Å². The van der Waals surface area contributed by atoms with Gasteiger partial charge >= 0.3 is 5.69 Å². The van der Waals surface area contributed by atoms with Crippen LogP contribution in [-0.2, 0) is 0 Å². The number of aromatic nitrogens is 4. The number of carbonyl (C=O) groups is 1. The largest absolute Gasteiger partial charge is 0.397 e. The van der Waals surface area contributed by atoms with Gasteiger partial charge in [-0.05, 0) is 58.9 Å². The number of hydrogen-bond donors (Lipinski definition) is 1. The molecule has 12 heteroatoms. The van der Waals surface area contributed by atoms with Gasteiger partial charge in [0.1, 0.15) is 5.82 Å². The molecule has 2 aromatic carbocycles. The van der Waals surface area contributed by atoms with Crippen LogP contribution < -0.4 is 10.6 Å². The molecule has 2 heterocycles. The van der Waals surface area contributed by atoms with E-state index in [-0.39, 0.29) is 39.6 Å². The van der Waals surface area contributed by atoms with Gasteiger partial charge in [-0.25, -0.2) is 9.02 Å². The number of amides is 1. The number of carbonyl (C=O) groups excluding carboxylic acids is 1. The van der Waals surface area contributed by atoms with Gasteiger partial charge in [0.2, 0.25) is 5.52 Å². The van der Waals surface area contributed by atoms with E-state index in [4.69, 9.17) is 10.4 Å². The van der Waals surface area contributed by atoms with Crippen molar-refractivity contribution in [2.24, 2.45) is 0 Å². The third-order valence-electron chi connectivity index (χ3n) is 5.25. The quantitative estimate of drug-likeness (QED) is 0.366. The molecule has 1 saturated carbocycles. The van der Waals surface area contributed by atoms with Crippen LogP contribution in [0.4, 0.5) is 27.1 Å². The van der Waals surface area contributed by atoms with Gasteiger partial charge in [0.25, 0.3) is 5.91 Å². The lowest BCUT2D eigenvalue weighted by Crippen LogP contribution is -2.28. The molecule has 0 spiro atoms. The average Bonchev–Trinajstić information content (AvgIpc) is 3.51. The summed E-state index contributed by atoms with van der Waals surface area (Å²) in [6, 6.07) is 6.67. The molecule has 0 bridgehead atoms. The lowest BCUT2D eigenvalue weighted by atomic mass is 10.0. The number of non-ortho nitro benzene ring substituents is 1. The Balaban J connectivity index is 1.78. The van der Waals surface area contributed by atoms with Crippen LogP contribution in [0.15, 0.2) is 47.4 Å². The van der Waals surface area contributed by atoms with Gasteiger partial charge in [0.05, 0.1) is 39.9 Å². The highest BCUT2D eigenvalue weighted by Gasteiger charge is 2.34. The molecule has 0 unspecified atom stereocenters. The molecule has 160 valence electrons. The number of fused-ring (bicyclic) bond motifs is 1. The van der Waals surface area contributed by atoms with E-state index in [1.54, 1.807) is 0 Å². The standard InChI is InChI=1S/C20H14FN7O4/c21-11-3-4-15(12(7-11)10-1-2-10)27(20(29)13-8-23-24-9-14(13)22)16-5-6-17(28(30)31)19-18(16)25-32-26-19/h3-10H,1-2H2,(H2,22,23). The van der Waals surface area contributed by atoms with Gasteiger partial charge < -0.3 is 5.73 Å². The third-order valence-corrected chi connectivity index (χ3v) is 5.25. The van der Waals surface area contributed by atoms with E-state index in [9.17, 15) is 19.3 Å². The Morgan fingerprint density at radius 3 is 2.56 bits per heavy atom. The second-order valence-corrected chi connectivity index (χ2v) is 7.30. The second-order valence-electron chi connectivity index (χ2n) is 7.30. The van der Waals surface area contributed by atoms with Gasteiger partial charge in [0, 0.05) is 6.07 Å². The van der Waals surface area contributed by atoms with E-state index in [0.29, 0.717) is 11.3 Å². The highest BCUT2D eigenvalue weighted by molar-refractivity contribution is 6.16. The smallest absolute Gasteiger partial charge is 0.300 e. The van der Waals surface area contributed by atoms with Crippen molar-refractivity contribution in [1.82, 2.24) is 20.5 Å². The first kappa shape index (κ1) is 19.5. The lowest BCUT2D eigenvalue weighted by Gasteiger charge is -2.26. The molecule has 1 amide bonds. The first-order valence-corrected chi connectivity index (χ1v) is 9.55. The molecule has 32 heavy (non-hydrogen) atoms. The van der Waals surface area contributed by atoms with E-state index in [0.717, 1.165) is 12.8 Å². The highest BCUT2D eigenvalue weighted by atomic mass is 19.1. The number of hydrogen-bond acceptors (Lipinski definition) is 9. The Hall–Kier alpha value is -4.48. The fraction of sp³-hybridized carbons (Fsp3) is 0.150. The molecule has 0 radical (unpaired) electrons. The fourth-order valence-corrected chi connectivity index (χ4v) is 3.60. The predicted octanol–water partition coefficient (Wildman–Crippen LogP) is 3.50. The molecule has 5 rings (SSSR count). The molecule has 0 aliphatic heterocycles. The number of nitro groups is 1. The summed E-state index contributed by atoms with van der Waals surface area (Å²) in [5.74, 6) is -0.956. The van der Waals surface area contributed by atoms with E-state index in [1.165, 1.54) is 47.6 Å². The minimum Gasteiger partial charge on any atom is -0.397 e. The van der Waals surface area contributed by atoms with Crippen molar-refractivity contribution < 1.29 is 18.7 Å². The summed E-state index contributed by atoms with van der Waals surface area (Å²) in [5.41, 5.74) is 6.83. The Bertz CT molecular complexity index is 1390. The summed E-state index contributed by atoms with van der Waals surface area (Å²) in [6.07, 6.45) is 4.15. The van der Waals surface area contributed by atoms with Crippen LogP contribution in [0.5, 0.6) is 0 Å². The molecular weight excluding hydrogens is 421 g/mol. The normalized spacial score (nSPS) is 13.3. The number of nitrogens with zero attached hydrogens (tertiary/aromatic N) is 6. The Morgan fingerprint density at radius 2 is 1.84 bits per heavy atom. The van der Waals surface area contributed by atoms with Gasteiger partial charge in [-0.15, -0.1) is 0 Å². The zero-order valence-corrected chi connectivity index (χ0v) is 16.3. The molecule has 1 fully saturated rings. The molecule has 0 saturated heterocycles. The monoisotopic (exact) mass is 435 g/mol. The maximum Gasteiger partial charge on any atom is 0.300 e. The average molecular weight is 435 g/mol.